The molecule has 4 heteroatoms. The minimum atomic E-state index is 0.0996. The lowest BCUT2D eigenvalue weighted by Gasteiger charge is -2.21. The second kappa shape index (κ2) is 6.10. The summed E-state index contributed by atoms with van der Waals surface area (Å²) in [5.74, 6) is 0. The van der Waals surface area contributed by atoms with Crippen LogP contribution < -0.4 is 5.32 Å². The molecule has 1 aromatic heterocycles. The molecule has 1 aromatic carbocycles. The number of hydrogen-bond donors (Lipinski definition) is 1. The lowest BCUT2D eigenvalue weighted by molar-refractivity contribution is 0.419. The van der Waals surface area contributed by atoms with Crippen LogP contribution in [0.5, 0.6) is 0 Å². The molecule has 1 N–H and O–H groups in total. The smallest absolute Gasteiger partial charge is 0.0994 e. The fraction of sp³-hybridized carbons (Fsp3) is 0.438. The van der Waals surface area contributed by atoms with Crippen LogP contribution in [-0.4, -0.2) is 15.1 Å². The number of nitrogens with zero attached hydrogens (tertiary/aromatic N) is 2. The van der Waals surface area contributed by atoms with E-state index in [2.05, 4.69) is 76.7 Å². The van der Waals surface area contributed by atoms with Crippen molar-refractivity contribution in [3.63, 3.8) is 0 Å². The maximum Gasteiger partial charge on any atom is 0.0994 e. The molecule has 0 radical (unpaired) electrons. The Hall–Kier alpha value is -1.13. The molecule has 3 nitrogen and oxygen atoms in total. The van der Waals surface area contributed by atoms with Gasteiger partial charge >= 0.3 is 0 Å². The van der Waals surface area contributed by atoms with Gasteiger partial charge in [0.05, 0.1) is 17.7 Å². The normalized spacial score (nSPS) is 11.8. The predicted octanol–water partition coefficient (Wildman–Crippen LogP) is 4.09. The van der Waals surface area contributed by atoms with Gasteiger partial charge in [-0.3, -0.25) is 0 Å². The number of nitrogens with one attached hydrogen (secondary N) is 1. The maximum absolute atomic E-state index is 4.31. The van der Waals surface area contributed by atoms with Crippen molar-refractivity contribution in [2.24, 2.45) is 0 Å². The summed E-state index contributed by atoms with van der Waals surface area (Å²) >= 11 is 3.54. The SMILES string of the molecule is CCc1cc(Br)ccc1-n1cncc1CNC(C)(C)C. The summed E-state index contributed by atoms with van der Waals surface area (Å²) in [4.78, 5) is 4.31. The molecule has 0 aliphatic rings. The highest BCUT2D eigenvalue weighted by Crippen LogP contribution is 2.22. The number of halogens is 1. The zero-order valence-corrected chi connectivity index (χ0v) is 14.2. The van der Waals surface area contributed by atoms with E-state index in [1.54, 1.807) is 0 Å². The van der Waals surface area contributed by atoms with Gasteiger partial charge in [0.15, 0.2) is 0 Å². The van der Waals surface area contributed by atoms with E-state index >= 15 is 0 Å². The van der Waals surface area contributed by atoms with E-state index in [0.717, 1.165) is 17.4 Å². The van der Waals surface area contributed by atoms with E-state index in [4.69, 9.17) is 0 Å². The molecule has 0 fully saturated rings. The molecule has 0 spiro atoms. The molecule has 108 valence electrons. The molecule has 20 heavy (non-hydrogen) atoms. The number of rotatable bonds is 4. The van der Waals surface area contributed by atoms with Gasteiger partial charge in [0.1, 0.15) is 0 Å². The predicted molar refractivity (Wildman–Crippen MR) is 87.2 cm³/mol. The Morgan fingerprint density at radius 3 is 2.70 bits per heavy atom. The first kappa shape index (κ1) is 15.3. The highest BCUT2D eigenvalue weighted by Gasteiger charge is 2.12. The first-order valence-corrected chi connectivity index (χ1v) is 7.75. The first-order chi connectivity index (χ1) is 9.40. The van der Waals surface area contributed by atoms with Crippen LogP contribution in [0.1, 0.15) is 39.0 Å². The lowest BCUT2D eigenvalue weighted by Crippen LogP contribution is -2.35. The molecule has 0 aliphatic heterocycles. The summed E-state index contributed by atoms with van der Waals surface area (Å²) in [7, 11) is 0. The van der Waals surface area contributed by atoms with E-state index in [1.807, 2.05) is 12.5 Å². The fourth-order valence-corrected chi connectivity index (χ4v) is 2.51. The molecule has 1 heterocycles. The summed E-state index contributed by atoms with van der Waals surface area (Å²) in [5.41, 5.74) is 3.80. The lowest BCUT2D eigenvalue weighted by atomic mass is 10.1. The standard InChI is InChI=1S/C16H22BrN3/c1-5-12-8-13(17)6-7-15(12)20-11-18-9-14(20)10-19-16(2,3)4/h6-9,11,19H,5,10H2,1-4H3. The molecule has 2 aromatic rings. The molecule has 0 bridgehead atoms. The third kappa shape index (κ3) is 3.70. The molecular formula is C16H22BrN3. The van der Waals surface area contributed by atoms with Gasteiger partial charge in [-0.25, -0.2) is 4.98 Å². The second-order valence-corrected chi connectivity index (χ2v) is 6.90. The van der Waals surface area contributed by atoms with Crippen LogP contribution in [0.3, 0.4) is 0 Å². The Morgan fingerprint density at radius 2 is 2.05 bits per heavy atom. The Balaban J connectivity index is 2.32. The quantitative estimate of drug-likeness (QED) is 0.912. The van der Waals surface area contributed by atoms with Crippen LogP contribution >= 0.6 is 15.9 Å². The van der Waals surface area contributed by atoms with E-state index < -0.39 is 0 Å². The van der Waals surface area contributed by atoms with Gasteiger partial charge < -0.3 is 9.88 Å². The Morgan fingerprint density at radius 1 is 1.30 bits per heavy atom. The van der Waals surface area contributed by atoms with Crippen LogP contribution in [0.4, 0.5) is 0 Å². The van der Waals surface area contributed by atoms with Gasteiger partial charge in [0.25, 0.3) is 0 Å². The zero-order chi connectivity index (χ0) is 14.8. The largest absolute Gasteiger partial charge is 0.306 e. The van der Waals surface area contributed by atoms with Crippen molar-refractivity contribution in [1.82, 2.24) is 14.9 Å². The van der Waals surface area contributed by atoms with Gasteiger partial charge in [0, 0.05) is 22.8 Å². The van der Waals surface area contributed by atoms with E-state index in [0.29, 0.717) is 0 Å². The molecular weight excluding hydrogens is 314 g/mol. The van der Waals surface area contributed by atoms with Crippen molar-refractivity contribution in [2.45, 2.75) is 46.2 Å². The molecule has 2 rings (SSSR count). The Labute approximate surface area is 129 Å². The summed E-state index contributed by atoms with van der Waals surface area (Å²) in [6, 6.07) is 6.40. The number of hydrogen-bond acceptors (Lipinski definition) is 2. The van der Waals surface area contributed by atoms with Crippen molar-refractivity contribution in [3.8, 4) is 5.69 Å². The van der Waals surface area contributed by atoms with Gasteiger partial charge in [-0.1, -0.05) is 22.9 Å². The van der Waals surface area contributed by atoms with E-state index in [-0.39, 0.29) is 5.54 Å². The van der Waals surface area contributed by atoms with Crippen LogP contribution in [0, 0.1) is 0 Å². The van der Waals surface area contributed by atoms with Crippen LogP contribution in [0.2, 0.25) is 0 Å². The van der Waals surface area contributed by atoms with Crippen LogP contribution in [-0.2, 0) is 13.0 Å². The topological polar surface area (TPSA) is 29.9 Å². The molecule has 0 unspecified atom stereocenters. The van der Waals surface area contributed by atoms with Crippen molar-refractivity contribution < 1.29 is 0 Å². The van der Waals surface area contributed by atoms with Crippen molar-refractivity contribution in [3.05, 3.63) is 46.5 Å². The van der Waals surface area contributed by atoms with Crippen molar-refractivity contribution >= 4 is 15.9 Å². The van der Waals surface area contributed by atoms with Crippen LogP contribution in [0.15, 0.2) is 35.2 Å². The molecule has 0 saturated carbocycles. The number of aromatic nitrogens is 2. The second-order valence-electron chi connectivity index (χ2n) is 5.99. The number of imidazole rings is 1. The van der Waals surface area contributed by atoms with E-state index in [1.165, 1.54) is 16.9 Å². The van der Waals surface area contributed by atoms with Crippen molar-refractivity contribution in [2.75, 3.05) is 0 Å². The molecule has 0 aliphatic carbocycles. The summed E-state index contributed by atoms with van der Waals surface area (Å²) in [6.07, 6.45) is 4.82. The first-order valence-electron chi connectivity index (χ1n) is 6.96. The van der Waals surface area contributed by atoms with Crippen LogP contribution in [0.25, 0.3) is 5.69 Å². The number of benzene rings is 1. The third-order valence-corrected chi connectivity index (χ3v) is 3.69. The van der Waals surface area contributed by atoms with Gasteiger partial charge in [-0.15, -0.1) is 0 Å². The molecule has 0 amide bonds. The third-order valence-electron chi connectivity index (χ3n) is 3.20. The highest BCUT2D eigenvalue weighted by atomic mass is 79.9. The van der Waals surface area contributed by atoms with Gasteiger partial charge in [0.2, 0.25) is 0 Å². The minimum Gasteiger partial charge on any atom is -0.306 e. The van der Waals surface area contributed by atoms with E-state index in [9.17, 15) is 0 Å². The zero-order valence-electron chi connectivity index (χ0n) is 12.6. The monoisotopic (exact) mass is 335 g/mol. The maximum atomic E-state index is 4.31. The van der Waals surface area contributed by atoms with Gasteiger partial charge in [-0.05, 0) is 51.0 Å². The van der Waals surface area contributed by atoms with Gasteiger partial charge in [-0.2, -0.15) is 0 Å². The molecule has 0 saturated heterocycles. The summed E-state index contributed by atoms with van der Waals surface area (Å²) in [5, 5.41) is 3.51. The average Bonchev–Trinajstić information content (AvgIpc) is 2.83. The van der Waals surface area contributed by atoms with Crippen molar-refractivity contribution in [1.29, 1.82) is 0 Å². The highest BCUT2D eigenvalue weighted by molar-refractivity contribution is 9.10. The minimum absolute atomic E-state index is 0.0996. The Kier molecular flexibility index (Phi) is 4.66. The number of aryl methyl sites for hydroxylation is 1. The summed E-state index contributed by atoms with van der Waals surface area (Å²) in [6.45, 7) is 9.50. The Bertz CT molecular complexity index is 582. The average molecular weight is 336 g/mol. The summed E-state index contributed by atoms with van der Waals surface area (Å²) < 4.78 is 3.29. The molecule has 0 atom stereocenters. The fourth-order valence-electron chi connectivity index (χ4n) is 2.10.